The molecular formula is C52H35NO. The van der Waals surface area contributed by atoms with Crippen LogP contribution in [-0.4, -0.2) is 0 Å². The van der Waals surface area contributed by atoms with Crippen molar-refractivity contribution in [2.24, 2.45) is 0 Å². The normalized spacial score (nSPS) is 11.3. The van der Waals surface area contributed by atoms with Gasteiger partial charge in [0.2, 0.25) is 0 Å². The van der Waals surface area contributed by atoms with Crippen LogP contribution in [-0.2, 0) is 0 Å². The van der Waals surface area contributed by atoms with Gasteiger partial charge in [-0.1, -0.05) is 188 Å². The second-order valence-corrected chi connectivity index (χ2v) is 13.6. The van der Waals surface area contributed by atoms with Gasteiger partial charge in [0.25, 0.3) is 0 Å². The van der Waals surface area contributed by atoms with Gasteiger partial charge in [0.15, 0.2) is 0 Å². The predicted octanol–water partition coefficient (Wildman–Crippen LogP) is 14.9. The van der Waals surface area contributed by atoms with Crippen molar-refractivity contribution in [3.05, 3.63) is 212 Å². The minimum Gasteiger partial charge on any atom is -0.455 e. The van der Waals surface area contributed by atoms with Crippen LogP contribution in [0.5, 0.6) is 0 Å². The minimum absolute atomic E-state index is 0.869. The molecule has 254 valence electrons. The van der Waals surface area contributed by atoms with Crippen LogP contribution >= 0.6 is 0 Å². The predicted molar refractivity (Wildman–Crippen MR) is 228 cm³/mol. The van der Waals surface area contributed by atoms with E-state index in [2.05, 4.69) is 217 Å². The Labute approximate surface area is 314 Å². The molecule has 0 atom stereocenters. The number of hydrogen-bond acceptors (Lipinski definition) is 2. The summed E-state index contributed by atoms with van der Waals surface area (Å²) in [6, 6.07) is 75.8. The second-order valence-electron chi connectivity index (χ2n) is 13.6. The van der Waals surface area contributed by atoms with E-state index >= 15 is 0 Å². The van der Waals surface area contributed by atoms with Gasteiger partial charge in [-0.15, -0.1) is 0 Å². The first kappa shape index (κ1) is 31.6. The number of anilines is 3. The van der Waals surface area contributed by atoms with Crippen LogP contribution in [0, 0.1) is 0 Å². The third-order valence-electron chi connectivity index (χ3n) is 10.5. The summed E-state index contributed by atoms with van der Waals surface area (Å²) in [7, 11) is 0. The highest BCUT2D eigenvalue weighted by molar-refractivity contribution is 6.27. The highest BCUT2D eigenvalue weighted by Gasteiger charge is 2.28. The second kappa shape index (κ2) is 13.4. The van der Waals surface area contributed by atoms with Crippen molar-refractivity contribution in [1.29, 1.82) is 0 Å². The first-order valence-electron chi connectivity index (χ1n) is 18.4. The summed E-state index contributed by atoms with van der Waals surface area (Å²) < 4.78 is 6.84. The molecule has 1 heterocycles. The number of nitrogens with zero attached hydrogens (tertiary/aromatic N) is 1. The van der Waals surface area contributed by atoms with E-state index in [0.717, 1.165) is 72.0 Å². The molecule has 2 nitrogen and oxygen atoms in total. The maximum absolute atomic E-state index is 6.84. The monoisotopic (exact) mass is 689 g/mol. The van der Waals surface area contributed by atoms with Crippen LogP contribution < -0.4 is 4.90 Å². The lowest BCUT2D eigenvalue weighted by Gasteiger charge is -2.31. The first-order chi connectivity index (χ1) is 26.8. The van der Waals surface area contributed by atoms with Crippen LogP contribution in [0.15, 0.2) is 217 Å². The zero-order valence-corrected chi connectivity index (χ0v) is 29.6. The molecule has 0 spiro atoms. The average Bonchev–Trinajstić information content (AvgIpc) is 3.65. The Morgan fingerprint density at radius 1 is 0.333 bits per heavy atom. The Balaban J connectivity index is 1.30. The molecule has 0 amide bonds. The third kappa shape index (κ3) is 5.44. The molecule has 0 aliphatic rings. The molecule has 0 radical (unpaired) electrons. The fourth-order valence-corrected chi connectivity index (χ4v) is 7.95. The summed E-state index contributed by atoms with van der Waals surface area (Å²) in [5.41, 5.74) is 14.3. The van der Waals surface area contributed by atoms with E-state index in [0.29, 0.717) is 0 Å². The Bertz CT molecular complexity index is 2890. The molecule has 10 rings (SSSR count). The summed E-state index contributed by atoms with van der Waals surface area (Å²) in [5.74, 6) is 0. The van der Waals surface area contributed by atoms with Gasteiger partial charge in [0, 0.05) is 27.6 Å². The Morgan fingerprint density at radius 3 is 1.44 bits per heavy atom. The summed E-state index contributed by atoms with van der Waals surface area (Å²) >= 11 is 0. The molecule has 0 N–H and O–H groups in total. The zero-order valence-electron chi connectivity index (χ0n) is 29.6. The summed E-state index contributed by atoms with van der Waals surface area (Å²) in [6.07, 6.45) is 0. The Kier molecular flexibility index (Phi) is 7.85. The van der Waals surface area contributed by atoms with Gasteiger partial charge >= 0.3 is 0 Å². The average molecular weight is 690 g/mol. The molecule has 0 fully saturated rings. The van der Waals surface area contributed by atoms with Gasteiger partial charge in [0.05, 0.1) is 16.8 Å². The van der Waals surface area contributed by atoms with Gasteiger partial charge in [-0.2, -0.15) is 0 Å². The van der Waals surface area contributed by atoms with E-state index in [1.54, 1.807) is 0 Å². The van der Waals surface area contributed by atoms with Crippen LogP contribution in [0.4, 0.5) is 17.1 Å². The number of hydrogen-bond donors (Lipinski definition) is 0. The van der Waals surface area contributed by atoms with Gasteiger partial charge in [-0.3, -0.25) is 0 Å². The largest absolute Gasteiger partial charge is 0.455 e. The van der Waals surface area contributed by atoms with Gasteiger partial charge in [-0.05, 0) is 63.0 Å². The number of furan rings is 1. The topological polar surface area (TPSA) is 16.4 Å². The van der Waals surface area contributed by atoms with Crippen LogP contribution in [0.2, 0.25) is 0 Å². The lowest BCUT2D eigenvalue weighted by Crippen LogP contribution is -2.13. The maximum atomic E-state index is 6.84. The number of benzene rings is 9. The molecule has 0 unspecified atom stereocenters. The quantitative estimate of drug-likeness (QED) is 0.166. The summed E-state index contributed by atoms with van der Waals surface area (Å²) in [6.45, 7) is 0. The number of fused-ring (bicyclic) bond motifs is 5. The lowest BCUT2D eigenvalue weighted by atomic mass is 9.91. The number of para-hydroxylation sites is 2. The molecule has 10 aromatic rings. The third-order valence-corrected chi connectivity index (χ3v) is 10.5. The van der Waals surface area contributed by atoms with E-state index in [1.807, 2.05) is 0 Å². The van der Waals surface area contributed by atoms with Crippen LogP contribution in [0.25, 0.3) is 77.2 Å². The van der Waals surface area contributed by atoms with Crippen LogP contribution in [0.1, 0.15) is 0 Å². The summed E-state index contributed by atoms with van der Waals surface area (Å²) in [4.78, 5) is 2.47. The molecule has 54 heavy (non-hydrogen) atoms. The van der Waals surface area contributed by atoms with Crippen molar-refractivity contribution >= 4 is 49.8 Å². The van der Waals surface area contributed by atoms with E-state index in [9.17, 15) is 0 Å². The smallest absolute Gasteiger partial charge is 0.145 e. The fourth-order valence-electron chi connectivity index (χ4n) is 7.95. The molecule has 0 saturated heterocycles. The van der Waals surface area contributed by atoms with Crippen molar-refractivity contribution in [3.63, 3.8) is 0 Å². The van der Waals surface area contributed by atoms with E-state index < -0.39 is 0 Å². The summed E-state index contributed by atoms with van der Waals surface area (Å²) in [5, 5.41) is 4.40. The Morgan fingerprint density at radius 2 is 0.796 bits per heavy atom. The van der Waals surface area contributed by atoms with Crippen molar-refractivity contribution in [1.82, 2.24) is 0 Å². The molecule has 0 saturated carbocycles. The fraction of sp³-hybridized carbons (Fsp3) is 0. The zero-order chi connectivity index (χ0) is 35.8. The van der Waals surface area contributed by atoms with E-state index in [-0.39, 0.29) is 0 Å². The van der Waals surface area contributed by atoms with Crippen molar-refractivity contribution in [2.75, 3.05) is 4.90 Å². The molecule has 0 aliphatic carbocycles. The van der Waals surface area contributed by atoms with E-state index in [1.165, 1.54) is 22.3 Å². The van der Waals surface area contributed by atoms with Crippen molar-refractivity contribution in [3.8, 4) is 44.5 Å². The van der Waals surface area contributed by atoms with Crippen LogP contribution in [0.3, 0.4) is 0 Å². The molecular weight excluding hydrogens is 655 g/mol. The molecule has 0 bridgehead atoms. The van der Waals surface area contributed by atoms with Crippen molar-refractivity contribution in [2.45, 2.75) is 0 Å². The SMILES string of the molecule is c1ccc(-c2ccc(-c3ccccc3N(c3ccc(-c4ccccc4)cc3)c3c(-c4ccccc4)c4ccccc4c4oc5ccccc5c34)cc2)cc1. The molecule has 0 aliphatic heterocycles. The highest BCUT2D eigenvalue weighted by Crippen LogP contribution is 2.53. The van der Waals surface area contributed by atoms with Gasteiger partial charge in [0.1, 0.15) is 11.2 Å². The standard InChI is InChI=1S/C52H35NO/c1-4-16-36(17-5-1)38-28-30-40(31-29-38)43-22-12-14-26-47(43)53(42-34-32-39(33-35-42)37-18-6-2-7-19-37)51-49(41-20-8-3-9-21-41)44-23-10-11-24-45(44)52-50(51)46-25-13-15-27-48(46)54-52/h1-35H. The highest BCUT2D eigenvalue weighted by atomic mass is 16.3. The Hall–Kier alpha value is -7.16. The lowest BCUT2D eigenvalue weighted by molar-refractivity contribution is 0.672. The number of rotatable bonds is 7. The van der Waals surface area contributed by atoms with Crippen molar-refractivity contribution < 1.29 is 4.42 Å². The first-order valence-corrected chi connectivity index (χ1v) is 18.4. The van der Waals surface area contributed by atoms with E-state index in [4.69, 9.17) is 4.42 Å². The molecule has 9 aromatic carbocycles. The van der Waals surface area contributed by atoms with Gasteiger partial charge < -0.3 is 9.32 Å². The maximum Gasteiger partial charge on any atom is 0.145 e. The molecule has 1 aromatic heterocycles. The minimum atomic E-state index is 0.869. The molecule has 2 heteroatoms. The van der Waals surface area contributed by atoms with Gasteiger partial charge in [-0.25, -0.2) is 0 Å².